The summed E-state index contributed by atoms with van der Waals surface area (Å²) in [5.41, 5.74) is 18.8. The molecule has 0 saturated heterocycles. The second-order valence-electron chi connectivity index (χ2n) is 15.7. The lowest BCUT2D eigenvalue weighted by atomic mass is 9.97. The highest BCUT2D eigenvalue weighted by atomic mass is 15.1. The van der Waals surface area contributed by atoms with Gasteiger partial charge in [-0.25, -0.2) is 0 Å². The van der Waals surface area contributed by atoms with Gasteiger partial charge in [0.1, 0.15) is 0 Å². The molecule has 2 nitrogen and oxygen atoms in total. The predicted octanol–water partition coefficient (Wildman–Crippen LogP) is 17.0. The van der Waals surface area contributed by atoms with Crippen molar-refractivity contribution in [2.45, 2.75) is 12.8 Å². The Kier molecular flexibility index (Phi) is 10.9. The molecule has 9 aromatic rings. The molecule has 296 valence electrons. The molecule has 1 aliphatic carbocycles. The van der Waals surface area contributed by atoms with E-state index in [1.807, 2.05) is 0 Å². The Balaban J connectivity index is 0.890. The molecular formula is C60H46N2. The lowest BCUT2D eigenvalue weighted by Crippen LogP contribution is -2.09. The monoisotopic (exact) mass is 794 g/mol. The molecule has 9 aromatic carbocycles. The van der Waals surface area contributed by atoms with Gasteiger partial charge in [-0.1, -0.05) is 176 Å². The van der Waals surface area contributed by atoms with E-state index in [4.69, 9.17) is 0 Å². The quantitative estimate of drug-likeness (QED) is 0.129. The maximum Gasteiger partial charge on any atom is 0.0462 e. The minimum absolute atomic E-state index is 1.11. The Hall–Kier alpha value is -7.94. The summed E-state index contributed by atoms with van der Waals surface area (Å²) in [6, 6.07) is 85.1. The molecule has 0 bridgehead atoms. The van der Waals surface area contributed by atoms with Crippen LogP contribution in [0.2, 0.25) is 0 Å². The van der Waals surface area contributed by atoms with Crippen LogP contribution in [0, 0.1) is 0 Å². The highest BCUT2D eigenvalue weighted by molar-refractivity contribution is 5.83. The minimum Gasteiger partial charge on any atom is -0.311 e. The number of nitrogens with zero attached hydrogens (tertiary/aromatic N) is 2. The van der Waals surface area contributed by atoms with E-state index in [2.05, 4.69) is 265 Å². The molecule has 0 saturated carbocycles. The Morgan fingerprint density at radius 2 is 0.548 bits per heavy atom. The Morgan fingerprint density at radius 3 is 0.935 bits per heavy atom. The Morgan fingerprint density at radius 1 is 0.242 bits per heavy atom. The summed E-state index contributed by atoms with van der Waals surface area (Å²) in [7, 11) is 0. The number of benzene rings is 9. The van der Waals surface area contributed by atoms with Gasteiger partial charge in [0, 0.05) is 34.1 Å². The van der Waals surface area contributed by atoms with Crippen LogP contribution in [0.15, 0.2) is 255 Å². The van der Waals surface area contributed by atoms with Crippen LogP contribution in [-0.4, -0.2) is 0 Å². The zero-order chi connectivity index (χ0) is 41.5. The van der Waals surface area contributed by atoms with Gasteiger partial charge in [-0.15, -0.1) is 0 Å². The van der Waals surface area contributed by atoms with Crippen molar-refractivity contribution < 1.29 is 0 Å². The second kappa shape index (κ2) is 17.7. The van der Waals surface area contributed by atoms with Gasteiger partial charge in [0.15, 0.2) is 0 Å². The molecule has 0 atom stereocenters. The normalized spacial score (nSPS) is 12.1. The number of hydrogen-bond donors (Lipinski definition) is 0. The van der Waals surface area contributed by atoms with E-state index in [9.17, 15) is 0 Å². The van der Waals surface area contributed by atoms with Gasteiger partial charge in [0.2, 0.25) is 0 Å². The molecule has 0 unspecified atom stereocenters. The fourth-order valence-corrected chi connectivity index (χ4v) is 8.45. The zero-order valence-electron chi connectivity index (χ0n) is 34.6. The summed E-state index contributed by atoms with van der Waals surface area (Å²) in [4.78, 5) is 4.64. The van der Waals surface area contributed by atoms with Crippen LogP contribution in [0.5, 0.6) is 0 Å². The molecule has 0 spiro atoms. The number of anilines is 6. The number of para-hydroxylation sites is 2. The molecule has 0 fully saturated rings. The average Bonchev–Trinajstić information content (AvgIpc) is 3.36. The number of rotatable bonds is 11. The van der Waals surface area contributed by atoms with E-state index in [1.54, 1.807) is 0 Å². The van der Waals surface area contributed by atoms with Gasteiger partial charge in [0.05, 0.1) is 0 Å². The SMILES string of the molecule is C1=CC(c2ccc(-c3ccc(N(c4ccccc4)c4ccc(-c5cccc(-c6ccc(N(c7ccccc7)c7ccc(-c8ccccc8)cc7)cc6)c5)cc4)cc3)cc2)=CCC1. The van der Waals surface area contributed by atoms with Crippen molar-refractivity contribution in [2.24, 2.45) is 0 Å². The van der Waals surface area contributed by atoms with Crippen molar-refractivity contribution in [3.8, 4) is 44.5 Å². The third-order valence-corrected chi connectivity index (χ3v) is 11.7. The smallest absolute Gasteiger partial charge is 0.0462 e. The second-order valence-corrected chi connectivity index (χ2v) is 15.7. The largest absolute Gasteiger partial charge is 0.311 e. The fraction of sp³-hybridized carbons (Fsp3) is 0.0333. The minimum atomic E-state index is 1.11. The van der Waals surface area contributed by atoms with Gasteiger partial charge >= 0.3 is 0 Å². The molecule has 62 heavy (non-hydrogen) atoms. The van der Waals surface area contributed by atoms with Crippen LogP contribution < -0.4 is 9.80 Å². The van der Waals surface area contributed by atoms with E-state index < -0.39 is 0 Å². The predicted molar refractivity (Wildman–Crippen MR) is 264 cm³/mol. The van der Waals surface area contributed by atoms with Crippen LogP contribution in [0.25, 0.3) is 50.1 Å². The van der Waals surface area contributed by atoms with Crippen molar-refractivity contribution in [1.82, 2.24) is 0 Å². The molecule has 10 rings (SSSR count). The third-order valence-electron chi connectivity index (χ3n) is 11.7. The molecule has 2 heteroatoms. The molecule has 0 radical (unpaired) electrons. The van der Waals surface area contributed by atoms with Crippen molar-refractivity contribution in [2.75, 3.05) is 9.80 Å². The summed E-state index contributed by atoms with van der Waals surface area (Å²) in [5, 5.41) is 0. The first-order valence-corrected chi connectivity index (χ1v) is 21.5. The van der Waals surface area contributed by atoms with Crippen LogP contribution in [0.3, 0.4) is 0 Å². The van der Waals surface area contributed by atoms with Crippen LogP contribution >= 0.6 is 0 Å². The van der Waals surface area contributed by atoms with E-state index in [-0.39, 0.29) is 0 Å². The van der Waals surface area contributed by atoms with Crippen LogP contribution in [0.4, 0.5) is 34.1 Å². The first-order valence-electron chi connectivity index (χ1n) is 21.5. The third kappa shape index (κ3) is 8.28. The summed E-state index contributed by atoms with van der Waals surface area (Å²) < 4.78 is 0. The molecular weight excluding hydrogens is 749 g/mol. The van der Waals surface area contributed by atoms with Crippen molar-refractivity contribution in [3.05, 3.63) is 260 Å². The number of hydrogen-bond acceptors (Lipinski definition) is 2. The molecule has 1 aliphatic rings. The van der Waals surface area contributed by atoms with E-state index >= 15 is 0 Å². The lowest BCUT2D eigenvalue weighted by molar-refractivity contribution is 1.04. The Labute approximate surface area is 365 Å². The molecule has 0 aliphatic heterocycles. The highest BCUT2D eigenvalue weighted by Crippen LogP contribution is 2.39. The van der Waals surface area contributed by atoms with Gasteiger partial charge in [-0.05, 0) is 147 Å². The summed E-state index contributed by atoms with van der Waals surface area (Å²) in [6.45, 7) is 0. The molecule has 0 aromatic heterocycles. The Bertz CT molecular complexity index is 2930. The zero-order valence-corrected chi connectivity index (χ0v) is 34.6. The fourth-order valence-electron chi connectivity index (χ4n) is 8.45. The van der Waals surface area contributed by atoms with E-state index in [0.29, 0.717) is 0 Å². The van der Waals surface area contributed by atoms with E-state index in [0.717, 1.165) is 47.0 Å². The standard InChI is InChI=1S/C60H46N2/c1-5-14-45(15-6-1)47-24-26-48(27-25-47)50-30-38-58(39-31-50)62(56-22-11-4-12-23-56)60-42-34-52(35-43-60)54-19-13-18-53(44-54)51-32-40-59(41-33-51)61(55-20-9-3-10-21-55)57-36-28-49(29-37-57)46-16-7-2-8-17-46/h2-5,7-44H,1,6H2. The topological polar surface area (TPSA) is 6.48 Å². The maximum absolute atomic E-state index is 2.33. The van der Waals surface area contributed by atoms with Gasteiger partial charge in [-0.2, -0.15) is 0 Å². The molecule has 0 N–H and O–H groups in total. The van der Waals surface area contributed by atoms with Crippen molar-refractivity contribution >= 4 is 39.7 Å². The number of allylic oxidation sites excluding steroid dienone is 4. The first-order chi connectivity index (χ1) is 30.7. The average molecular weight is 795 g/mol. The highest BCUT2D eigenvalue weighted by Gasteiger charge is 2.15. The van der Waals surface area contributed by atoms with Gasteiger partial charge < -0.3 is 9.80 Å². The molecule has 0 heterocycles. The van der Waals surface area contributed by atoms with E-state index in [1.165, 1.54) is 55.6 Å². The lowest BCUT2D eigenvalue weighted by Gasteiger charge is -2.26. The van der Waals surface area contributed by atoms with Crippen molar-refractivity contribution in [1.29, 1.82) is 0 Å². The van der Waals surface area contributed by atoms with Crippen LogP contribution in [0.1, 0.15) is 18.4 Å². The summed E-state index contributed by atoms with van der Waals surface area (Å²) >= 11 is 0. The van der Waals surface area contributed by atoms with Crippen molar-refractivity contribution in [3.63, 3.8) is 0 Å². The summed E-state index contributed by atoms with van der Waals surface area (Å²) in [5.74, 6) is 0. The van der Waals surface area contributed by atoms with Gasteiger partial charge in [0.25, 0.3) is 0 Å². The van der Waals surface area contributed by atoms with Gasteiger partial charge in [-0.3, -0.25) is 0 Å². The summed E-state index contributed by atoms with van der Waals surface area (Å²) in [6.07, 6.45) is 9.08. The maximum atomic E-state index is 2.33. The molecule has 0 amide bonds. The first kappa shape index (κ1) is 38.3. The van der Waals surface area contributed by atoms with Crippen LogP contribution in [-0.2, 0) is 0 Å².